The van der Waals surface area contributed by atoms with Gasteiger partial charge in [0.2, 0.25) is 0 Å². The maximum Gasteiger partial charge on any atom is 0.129 e. The molecule has 0 atom stereocenters. The number of hydrogen-bond donors (Lipinski definition) is 0. The van der Waals surface area contributed by atoms with Crippen LogP contribution in [-0.2, 0) is 14.9 Å². The quantitative estimate of drug-likeness (QED) is 0.776. The van der Waals surface area contributed by atoms with E-state index in [4.69, 9.17) is 9.47 Å². The first-order valence-corrected chi connectivity index (χ1v) is 6.47. The van der Waals surface area contributed by atoms with Gasteiger partial charge in [0, 0.05) is 11.8 Å². The second kappa shape index (κ2) is 5.53. The molecule has 3 heteroatoms. The summed E-state index contributed by atoms with van der Waals surface area (Å²) in [6, 6.07) is 8.15. The van der Waals surface area contributed by atoms with Crippen LogP contribution in [0.3, 0.4) is 0 Å². The number of benzene rings is 1. The molecule has 0 amide bonds. The summed E-state index contributed by atoms with van der Waals surface area (Å²) in [5.41, 5.74) is 1.24. The zero-order valence-corrected chi connectivity index (χ0v) is 11.1. The van der Waals surface area contributed by atoms with E-state index in [0.29, 0.717) is 26.2 Å². The SMILES string of the molecule is CCOc1cccc(C2(CCC(C)=O)COC2)c1. The van der Waals surface area contributed by atoms with E-state index in [1.165, 1.54) is 5.56 Å². The molecule has 1 aromatic rings. The van der Waals surface area contributed by atoms with Crippen molar-refractivity contribution in [3.8, 4) is 5.75 Å². The van der Waals surface area contributed by atoms with Crippen LogP contribution in [0.5, 0.6) is 5.75 Å². The first-order valence-electron chi connectivity index (χ1n) is 6.47. The van der Waals surface area contributed by atoms with Gasteiger partial charge in [-0.15, -0.1) is 0 Å². The molecule has 0 radical (unpaired) electrons. The summed E-state index contributed by atoms with van der Waals surface area (Å²) in [5, 5.41) is 0. The summed E-state index contributed by atoms with van der Waals surface area (Å²) in [6.07, 6.45) is 1.47. The number of carbonyl (C=O) groups is 1. The lowest BCUT2D eigenvalue weighted by Gasteiger charge is -2.42. The fraction of sp³-hybridized carbons (Fsp3) is 0.533. The molecule has 0 unspecified atom stereocenters. The Hall–Kier alpha value is -1.35. The number of carbonyl (C=O) groups excluding carboxylic acids is 1. The molecule has 1 aliphatic heterocycles. The predicted octanol–water partition coefficient (Wildman–Crippen LogP) is 2.72. The maximum absolute atomic E-state index is 11.2. The minimum atomic E-state index is 0.0127. The van der Waals surface area contributed by atoms with E-state index in [0.717, 1.165) is 12.2 Å². The molecule has 1 heterocycles. The number of rotatable bonds is 6. The van der Waals surface area contributed by atoms with Crippen LogP contribution in [-0.4, -0.2) is 25.6 Å². The molecular weight excluding hydrogens is 228 g/mol. The zero-order valence-electron chi connectivity index (χ0n) is 11.1. The van der Waals surface area contributed by atoms with E-state index in [-0.39, 0.29) is 11.2 Å². The molecule has 0 bridgehead atoms. The van der Waals surface area contributed by atoms with Crippen LogP contribution in [0.25, 0.3) is 0 Å². The minimum Gasteiger partial charge on any atom is -0.494 e. The highest BCUT2D eigenvalue weighted by Gasteiger charge is 2.40. The molecule has 1 fully saturated rings. The lowest BCUT2D eigenvalue weighted by Crippen LogP contribution is -2.47. The van der Waals surface area contributed by atoms with Gasteiger partial charge in [-0.1, -0.05) is 12.1 Å². The van der Waals surface area contributed by atoms with Gasteiger partial charge in [0.1, 0.15) is 11.5 Å². The molecule has 1 aromatic carbocycles. The summed E-state index contributed by atoms with van der Waals surface area (Å²) in [7, 11) is 0. The van der Waals surface area contributed by atoms with Crippen molar-refractivity contribution in [3.63, 3.8) is 0 Å². The standard InChI is InChI=1S/C15H20O3/c1-3-18-14-6-4-5-13(9-14)15(10-17-11-15)8-7-12(2)16/h4-6,9H,3,7-8,10-11H2,1-2H3. The Bertz CT molecular complexity index is 422. The van der Waals surface area contributed by atoms with Crippen LogP contribution in [0.1, 0.15) is 32.3 Å². The van der Waals surface area contributed by atoms with E-state index >= 15 is 0 Å². The van der Waals surface area contributed by atoms with Crippen LogP contribution in [0.4, 0.5) is 0 Å². The maximum atomic E-state index is 11.2. The summed E-state index contributed by atoms with van der Waals surface area (Å²) in [5.74, 6) is 1.13. The average molecular weight is 248 g/mol. The number of hydrogen-bond acceptors (Lipinski definition) is 3. The summed E-state index contributed by atoms with van der Waals surface area (Å²) in [4.78, 5) is 11.2. The van der Waals surface area contributed by atoms with Crippen molar-refractivity contribution < 1.29 is 14.3 Å². The van der Waals surface area contributed by atoms with Gasteiger partial charge >= 0.3 is 0 Å². The van der Waals surface area contributed by atoms with Crippen LogP contribution in [0.2, 0.25) is 0 Å². The van der Waals surface area contributed by atoms with Gasteiger partial charge in [0.15, 0.2) is 0 Å². The molecule has 3 nitrogen and oxygen atoms in total. The smallest absolute Gasteiger partial charge is 0.129 e. The summed E-state index contributed by atoms with van der Waals surface area (Å²) >= 11 is 0. The summed E-state index contributed by atoms with van der Waals surface area (Å²) in [6.45, 7) is 5.70. The average Bonchev–Trinajstić information content (AvgIpc) is 2.28. The van der Waals surface area contributed by atoms with Gasteiger partial charge in [-0.3, -0.25) is 0 Å². The number of Topliss-reactive ketones (excluding diaryl/α,β-unsaturated/α-hetero) is 1. The third kappa shape index (κ3) is 2.72. The van der Waals surface area contributed by atoms with E-state index in [2.05, 4.69) is 12.1 Å². The fourth-order valence-electron chi connectivity index (χ4n) is 2.30. The van der Waals surface area contributed by atoms with Crippen molar-refractivity contribution >= 4 is 5.78 Å². The van der Waals surface area contributed by atoms with E-state index < -0.39 is 0 Å². The van der Waals surface area contributed by atoms with Gasteiger partial charge in [-0.2, -0.15) is 0 Å². The van der Waals surface area contributed by atoms with Gasteiger partial charge in [0.05, 0.1) is 19.8 Å². The molecule has 0 aliphatic carbocycles. The Kier molecular flexibility index (Phi) is 4.02. The van der Waals surface area contributed by atoms with Crippen LogP contribution in [0.15, 0.2) is 24.3 Å². The predicted molar refractivity (Wildman–Crippen MR) is 70.0 cm³/mol. The fourth-order valence-corrected chi connectivity index (χ4v) is 2.30. The molecule has 1 saturated heterocycles. The van der Waals surface area contributed by atoms with Crippen LogP contribution >= 0.6 is 0 Å². The molecule has 98 valence electrons. The molecular formula is C15H20O3. The van der Waals surface area contributed by atoms with E-state index in [1.54, 1.807) is 6.92 Å². The molecule has 18 heavy (non-hydrogen) atoms. The Labute approximate surface area is 108 Å². The van der Waals surface area contributed by atoms with Crippen LogP contribution in [0, 0.1) is 0 Å². The second-order valence-electron chi connectivity index (χ2n) is 4.94. The normalized spacial score (nSPS) is 17.0. The molecule has 2 rings (SSSR count). The van der Waals surface area contributed by atoms with Crippen molar-refractivity contribution in [2.75, 3.05) is 19.8 Å². The van der Waals surface area contributed by atoms with Gasteiger partial charge in [-0.25, -0.2) is 0 Å². The Balaban J connectivity index is 2.16. The van der Waals surface area contributed by atoms with Crippen molar-refractivity contribution in [3.05, 3.63) is 29.8 Å². The molecule has 1 aliphatic rings. The van der Waals surface area contributed by atoms with E-state index in [1.807, 2.05) is 19.1 Å². The zero-order chi connectivity index (χ0) is 13.0. The summed E-state index contributed by atoms with van der Waals surface area (Å²) < 4.78 is 10.9. The third-order valence-electron chi connectivity index (χ3n) is 3.47. The minimum absolute atomic E-state index is 0.0127. The first kappa shape index (κ1) is 13.1. The molecule has 0 spiro atoms. The number of ether oxygens (including phenoxy) is 2. The monoisotopic (exact) mass is 248 g/mol. The number of ketones is 1. The van der Waals surface area contributed by atoms with Crippen molar-refractivity contribution in [2.45, 2.75) is 32.1 Å². The Morgan fingerprint density at radius 2 is 2.22 bits per heavy atom. The Morgan fingerprint density at radius 1 is 1.44 bits per heavy atom. The highest BCUT2D eigenvalue weighted by molar-refractivity contribution is 5.75. The van der Waals surface area contributed by atoms with Gasteiger partial charge in [0.25, 0.3) is 0 Å². The van der Waals surface area contributed by atoms with Crippen molar-refractivity contribution in [1.82, 2.24) is 0 Å². The molecule has 0 aromatic heterocycles. The lowest BCUT2D eigenvalue weighted by atomic mass is 9.74. The van der Waals surface area contributed by atoms with Crippen molar-refractivity contribution in [1.29, 1.82) is 0 Å². The first-order chi connectivity index (χ1) is 8.66. The van der Waals surface area contributed by atoms with E-state index in [9.17, 15) is 4.79 Å². The largest absolute Gasteiger partial charge is 0.494 e. The van der Waals surface area contributed by atoms with Crippen molar-refractivity contribution in [2.24, 2.45) is 0 Å². The Morgan fingerprint density at radius 3 is 2.78 bits per heavy atom. The van der Waals surface area contributed by atoms with Gasteiger partial charge in [-0.05, 0) is 38.0 Å². The highest BCUT2D eigenvalue weighted by Crippen LogP contribution is 2.38. The van der Waals surface area contributed by atoms with Gasteiger partial charge < -0.3 is 14.3 Å². The third-order valence-corrected chi connectivity index (χ3v) is 3.47. The second-order valence-corrected chi connectivity index (χ2v) is 4.94. The topological polar surface area (TPSA) is 35.5 Å². The highest BCUT2D eigenvalue weighted by atomic mass is 16.5. The van der Waals surface area contributed by atoms with Crippen LogP contribution < -0.4 is 4.74 Å². The lowest BCUT2D eigenvalue weighted by molar-refractivity contribution is -0.119. The molecule has 0 N–H and O–H groups in total. The molecule has 0 saturated carbocycles.